The second kappa shape index (κ2) is 7.48. The van der Waals surface area contributed by atoms with Gasteiger partial charge in [0.2, 0.25) is 10.0 Å². The van der Waals surface area contributed by atoms with Crippen molar-refractivity contribution in [3.8, 4) is 11.5 Å². The molecular weight excluding hydrogens is 368 g/mol. The number of hydrogen-bond acceptors (Lipinski definition) is 5. The molecule has 0 saturated heterocycles. The predicted molar refractivity (Wildman–Crippen MR) is 104 cm³/mol. The molecule has 1 amide bonds. The molecule has 1 aliphatic rings. The van der Waals surface area contributed by atoms with E-state index in [1.54, 1.807) is 42.5 Å². The molecule has 0 aromatic heterocycles. The molecule has 7 nitrogen and oxygen atoms in total. The summed E-state index contributed by atoms with van der Waals surface area (Å²) in [5, 5.41) is 2.79. The highest BCUT2D eigenvalue weighted by Crippen LogP contribution is 2.34. The lowest BCUT2D eigenvalue weighted by Gasteiger charge is -2.22. The lowest BCUT2D eigenvalue weighted by Crippen LogP contribution is -2.31. The van der Waals surface area contributed by atoms with Crippen LogP contribution >= 0.6 is 0 Å². The van der Waals surface area contributed by atoms with Crippen LogP contribution in [-0.4, -0.2) is 40.8 Å². The lowest BCUT2D eigenvalue weighted by atomic mass is 10.1. The molecule has 0 atom stereocenters. The molecule has 27 heavy (non-hydrogen) atoms. The Balaban J connectivity index is 1.82. The number of hydrogen-bond donors (Lipinski definition) is 1. The highest BCUT2D eigenvalue weighted by Gasteiger charge is 2.35. The third-order valence-corrected chi connectivity index (χ3v) is 5.49. The Bertz CT molecular complexity index is 915. The zero-order valence-corrected chi connectivity index (χ0v) is 16.2. The summed E-state index contributed by atoms with van der Waals surface area (Å²) in [5.74, 6) is 0.431. The second-order valence-corrected chi connectivity index (χ2v) is 8.19. The molecule has 0 heterocycles. The Morgan fingerprint density at radius 1 is 1.04 bits per heavy atom. The van der Waals surface area contributed by atoms with Gasteiger partial charge in [0, 0.05) is 11.7 Å². The molecule has 0 bridgehead atoms. The maximum absolute atomic E-state index is 12.7. The minimum absolute atomic E-state index is 0.0262. The van der Waals surface area contributed by atoms with Gasteiger partial charge in [0.25, 0.3) is 5.91 Å². The van der Waals surface area contributed by atoms with E-state index in [0.29, 0.717) is 28.4 Å². The van der Waals surface area contributed by atoms with Crippen molar-refractivity contribution >= 4 is 27.3 Å². The van der Waals surface area contributed by atoms with Crippen LogP contribution < -0.4 is 19.1 Å². The van der Waals surface area contributed by atoms with Gasteiger partial charge < -0.3 is 14.8 Å². The number of benzene rings is 2. The van der Waals surface area contributed by atoms with E-state index in [0.717, 1.165) is 12.8 Å². The largest absolute Gasteiger partial charge is 0.496 e. The van der Waals surface area contributed by atoms with Crippen molar-refractivity contribution in [2.45, 2.75) is 18.9 Å². The van der Waals surface area contributed by atoms with E-state index in [9.17, 15) is 13.2 Å². The average Bonchev–Trinajstić information content (AvgIpc) is 3.46. The van der Waals surface area contributed by atoms with Crippen molar-refractivity contribution in [2.75, 3.05) is 30.1 Å². The average molecular weight is 390 g/mol. The SMILES string of the molecule is COc1cccc(OC)c1C(=O)Nc1ccc(N(C2CC2)S(C)(=O)=O)cc1. The molecule has 0 radical (unpaired) electrons. The molecule has 1 N–H and O–H groups in total. The van der Waals surface area contributed by atoms with Crippen molar-refractivity contribution in [1.29, 1.82) is 0 Å². The van der Waals surface area contributed by atoms with Crippen LogP contribution in [0, 0.1) is 0 Å². The van der Waals surface area contributed by atoms with Gasteiger partial charge in [0.15, 0.2) is 0 Å². The number of carbonyl (C=O) groups is 1. The lowest BCUT2D eigenvalue weighted by molar-refractivity contribution is 0.102. The van der Waals surface area contributed by atoms with Crippen LogP contribution in [0.1, 0.15) is 23.2 Å². The number of methoxy groups -OCH3 is 2. The van der Waals surface area contributed by atoms with Gasteiger partial charge in [0.1, 0.15) is 17.1 Å². The fourth-order valence-corrected chi connectivity index (χ4v) is 4.20. The van der Waals surface area contributed by atoms with Crippen molar-refractivity contribution in [1.82, 2.24) is 0 Å². The van der Waals surface area contributed by atoms with E-state index in [1.165, 1.54) is 24.8 Å². The zero-order valence-electron chi connectivity index (χ0n) is 15.4. The minimum Gasteiger partial charge on any atom is -0.496 e. The quantitative estimate of drug-likeness (QED) is 0.786. The third kappa shape index (κ3) is 4.16. The highest BCUT2D eigenvalue weighted by molar-refractivity contribution is 7.92. The van der Waals surface area contributed by atoms with Gasteiger partial charge in [0.05, 0.1) is 26.2 Å². The van der Waals surface area contributed by atoms with Crippen LogP contribution in [0.25, 0.3) is 0 Å². The van der Waals surface area contributed by atoms with Crippen LogP contribution in [0.3, 0.4) is 0 Å². The summed E-state index contributed by atoms with van der Waals surface area (Å²) in [6.07, 6.45) is 2.92. The molecule has 1 fully saturated rings. The molecule has 0 unspecified atom stereocenters. The van der Waals surface area contributed by atoms with Crippen molar-refractivity contribution in [2.24, 2.45) is 0 Å². The van der Waals surface area contributed by atoms with Crippen molar-refractivity contribution in [3.05, 3.63) is 48.0 Å². The summed E-state index contributed by atoms with van der Waals surface area (Å²) < 4.78 is 36.0. The standard InChI is InChI=1S/C19H22N2O5S/c1-25-16-5-4-6-17(26-2)18(16)19(22)20-13-7-9-14(10-8-13)21(15-11-12-15)27(3,23)24/h4-10,15H,11-12H2,1-3H3,(H,20,22). The maximum Gasteiger partial charge on any atom is 0.263 e. The van der Waals surface area contributed by atoms with Crippen molar-refractivity contribution in [3.63, 3.8) is 0 Å². The summed E-state index contributed by atoms with van der Waals surface area (Å²) in [6.45, 7) is 0. The Morgan fingerprint density at radius 3 is 2.04 bits per heavy atom. The van der Waals surface area contributed by atoms with E-state index in [1.807, 2.05) is 0 Å². The first-order valence-electron chi connectivity index (χ1n) is 8.47. The number of amides is 1. The Kier molecular flexibility index (Phi) is 5.27. The minimum atomic E-state index is -3.34. The zero-order chi connectivity index (χ0) is 19.6. The Morgan fingerprint density at radius 2 is 1.59 bits per heavy atom. The first-order valence-corrected chi connectivity index (χ1v) is 10.3. The van der Waals surface area contributed by atoms with Gasteiger partial charge in [-0.2, -0.15) is 0 Å². The molecule has 0 spiro atoms. The topological polar surface area (TPSA) is 84.9 Å². The summed E-state index contributed by atoms with van der Waals surface area (Å²) in [4.78, 5) is 12.7. The Hall–Kier alpha value is -2.74. The molecule has 0 aliphatic heterocycles. The Labute approximate surface area is 158 Å². The molecule has 144 valence electrons. The van der Waals surface area contributed by atoms with Crippen LogP contribution in [0.2, 0.25) is 0 Å². The number of ether oxygens (including phenoxy) is 2. The maximum atomic E-state index is 12.7. The number of nitrogens with one attached hydrogen (secondary N) is 1. The number of rotatable bonds is 7. The molecule has 1 saturated carbocycles. The third-order valence-electron chi connectivity index (χ3n) is 4.27. The number of nitrogens with zero attached hydrogens (tertiary/aromatic N) is 1. The van der Waals surface area contributed by atoms with Gasteiger partial charge in [-0.25, -0.2) is 8.42 Å². The van der Waals surface area contributed by atoms with E-state index in [4.69, 9.17) is 9.47 Å². The molecule has 1 aliphatic carbocycles. The van der Waals surface area contributed by atoms with E-state index < -0.39 is 10.0 Å². The van der Waals surface area contributed by atoms with E-state index in [2.05, 4.69) is 5.32 Å². The number of carbonyl (C=O) groups excluding carboxylic acids is 1. The van der Waals surface area contributed by atoms with Crippen molar-refractivity contribution < 1.29 is 22.7 Å². The van der Waals surface area contributed by atoms with Gasteiger partial charge >= 0.3 is 0 Å². The van der Waals surface area contributed by atoms with E-state index in [-0.39, 0.29) is 11.9 Å². The van der Waals surface area contributed by atoms with Gasteiger partial charge in [-0.1, -0.05) is 6.07 Å². The molecular formula is C19H22N2O5S. The molecule has 3 rings (SSSR count). The van der Waals surface area contributed by atoms with Crippen LogP contribution in [-0.2, 0) is 10.0 Å². The monoisotopic (exact) mass is 390 g/mol. The summed E-state index contributed by atoms with van der Waals surface area (Å²) in [7, 11) is -0.370. The first kappa shape index (κ1) is 19.0. The fourth-order valence-electron chi connectivity index (χ4n) is 2.94. The van der Waals surface area contributed by atoms with Crippen LogP contribution in [0.5, 0.6) is 11.5 Å². The highest BCUT2D eigenvalue weighted by atomic mass is 32.2. The van der Waals surface area contributed by atoms with Crippen LogP contribution in [0.4, 0.5) is 11.4 Å². The van der Waals surface area contributed by atoms with Gasteiger partial charge in [-0.05, 0) is 49.2 Å². The number of anilines is 2. The summed E-state index contributed by atoms with van der Waals surface area (Å²) in [5.41, 5.74) is 1.43. The predicted octanol–water partition coefficient (Wildman–Crippen LogP) is 2.88. The fraction of sp³-hybridized carbons (Fsp3) is 0.316. The summed E-state index contributed by atoms with van der Waals surface area (Å²) in [6, 6.07) is 11.9. The van der Waals surface area contributed by atoms with Crippen LogP contribution in [0.15, 0.2) is 42.5 Å². The second-order valence-electron chi connectivity index (χ2n) is 6.33. The van der Waals surface area contributed by atoms with Gasteiger partial charge in [-0.3, -0.25) is 9.10 Å². The smallest absolute Gasteiger partial charge is 0.263 e. The molecule has 2 aromatic rings. The number of sulfonamides is 1. The van der Waals surface area contributed by atoms with E-state index >= 15 is 0 Å². The molecule has 2 aromatic carbocycles. The van der Waals surface area contributed by atoms with Gasteiger partial charge in [-0.15, -0.1) is 0 Å². The normalized spacial score (nSPS) is 13.7. The summed E-state index contributed by atoms with van der Waals surface area (Å²) >= 11 is 0. The molecule has 8 heteroatoms. The first-order chi connectivity index (χ1) is 12.8.